The van der Waals surface area contributed by atoms with Gasteiger partial charge in [-0.25, -0.2) is 0 Å². The lowest BCUT2D eigenvalue weighted by Crippen LogP contribution is -2.29. The van der Waals surface area contributed by atoms with E-state index in [0.717, 1.165) is 57.8 Å². The number of rotatable bonds is 14. The highest BCUT2D eigenvalue weighted by molar-refractivity contribution is 8.00. The molecule has 0 heterocycles. The van der Waals surface area contributed by atoms with Gasteiger partial charge in [-0.2, -0.15) is 11.8 Å². The fourth-order valence-corrected chi connectivity index (χ4v) is 6.62. The smallest absolute Gasteiger partial charge is 0.0522 e. The summed E-state index contributed by atoms with van der Waals surface area (Å²) in [7, 11) is 0. The van der Waals surface area contributed by atoms with E-state index in [0.29, 0.717) is 24.3 Å². The van der Waals surface area contributed by atoms with Crippen molar-refractivity contribution in [2.45, 2.75) is 269 Å². The van der Waals surface area contributed by atoms with E-state index in [4.69, 9.17) is 4.74 Å². The molecule has 0 aliphatic carbocycles. The molecule has 0 atom stereocenters. The molecular weight excluding hydrogens is 639 g/mol. The zero-order valence-corrected chi connectivity index (χ0v) is 41.0. The summed E-state index contributed by atoms with van der Waals surface area (Å²) in [5.41, 5.74) is 0. The molecule has 0 unspecified atom stereocenters. The Morgan fingerprint density at radius 1 is 0.314 bits per heavy atom. The number of thioether (sulfide) groups is 1. The predicted octanol–water partition coefficient (Wildman–Crippen LogP) is 17.8. The van der Waals surface area contributed by atoms with Crippen LogP contribution in [0.2, 0.25) is 0 Å². The first-order valence-electron chi connectivity index (χ1n) is 21.0. The van der Waals surface area contributed by atoms with Crippen molar-refractivity contribution in [1.29, 1.82) is 0 Å². The maximum absolute atomic E-state index is 5.25. The van der Waals surface area contributed by atoms with Gasteiger partial charge in [-0.05, 0) is 111 Å². The lowest BCUT2D eigenvalue weighted by atomic mass is 10.0. The molecule has 0 fully saturated rings. The highest BCUT2D eigenvalue weighted by atomic mass is 32.2. The van der Waals surface area contributed by atoms with Gasteiger partial charge in [0.15, 0.2) is 0 Å². The molecule has 0 amide bonds. The summed E-state index contributed by atoms with van der Waals surface area (Å²) in [6.07, 6.45) is 6.19. The summed E-state index contributed by atoms with van der Waals surface area (Å²) >= 11 is 2.01. The molecule has 0 aromatic heterocycles. The topological polar surface area (TPSA) is 21.3 Å². The lowest BCUT2D eigenvalue weighted by molar-refractivity contribution is 0.0300. The second-order valence-electron chi connectivity index (χ2n) is 19.0. The Bertz CT molecular complexity index is 364. The Labute approximate surface area is 337 Å². The minimum Gasteiger partial charge on any atom is -0.376 e. The Balaban J connectivity index is -0.0000000573. The van der Waals surface area contributed by atoms with Crippen molar-refractivity contribution in [2.24, 2.45) is 47.3 Å². The molecule has 2 nitrogen and oxygen atoms in total. The van der Waals surface area contributed by atoms with E-state index < -0.39 is 0 Å². The van der Waals surface area contributed by atoms with Crippen molar-refractivity contribution < 1.29 is 4.74 Å². The summed E-state index contributed by atoms with van der Waals surface area (Å²) in [4.78, 5) is 0. The van der Waals surface area contributed by atoms with E-state index >= 15 is 0 Å². The van der Waals surface area contributed by atoms with Crippen LogP contribution >= 0.6 is 11.8 Å². The van der Waals surface area contributed by atoms with Gasteiger partial charge < -0.3 is 10.1 Å². The average Bonchev–Trinajstić information content (AvgIpc) is 2.74. The minimum absolute atomic E-state index is 0. The number of hydrogen-bond donors (Lipinski definition) is 1. The van der Waals surface area contributed by atoms with Crippen LogP contribution in [0.15, 0.2) is 0 Å². The van der Waals surface area contributed by atoms with Crippen molar-refractivity contribution >= 4 is 11.8 Å². The lowest BCUT2D eigenvalue weighted by Gasteiger charge is -2.10. The molecule has 51 heavy (non-hydrogen) atoms. The van der Waals surface area contributed by atoms with E-state index in [1.54, 1.807) is 0 Å². The van der Waals surface area contributed by atoms with Crippen molar-refractivity contribution in [3.05, 3.63) is 0 Å². The van der Waals surface area contributed by atoms with E-state index in [2.05, 4.69) is 171 Å². The summed E-state index contributed by atoms with van der Waals surface area (Å²) in [6, 6.07) is 1.25. The third-order valence-corrected chi connectivity index (χ3v) is 6.62. The van der Waals surface area contributed by atoms with Gasteiger partial charge in [0, 0.05) is 12.1 Å². The van der Waals surface area contributed by atoms with Gasteiger partial charge >= 0.3 is 0 Å². The molecule has 0 saturated carbocycles. The van der Waals surface area contributed by atoms with Gasteiger partial charge in [-0.3, -0.25) is 0 Å². The minimum atomic E-state index is 0. The first-order chi connectivity index (χ1) is 21.9. The summed E-state index contributed by atoms with van der Waals surface area (Å²) < 4.78 is 5.25. The van der Waals surface area contributed by atoms with Crippen LogP contribution in [-0.2, 0) is 4.74 Å². The maximum Gasteiger partial charge on any atom is 0.0522 e. The van der Waals surface area contributed by atoms with Crippen LogP contribution in [0.1, 0.15) is 234 Å². The standard InChI is InChI=1S/4C7H16.C6H15N.C6H14O.C6H14S.2CH4/c4*1-6(2)5-7(3)4;3*1-5(2)7-6(3)4;;/h4*6-7H,5H2,1-4H3;5-7H,1-4H3;2*5-6H,1-4H3;2*1H4. The zero-order chi connectivity index (χ0) is 41.0. The highest BCUT2D eigenvalue weighted by Gasteiger charge is 1.98. The van der Waals surface area contributed by atoms with Gasteiger partial charge in [-0.15, -0.1) is 0 Å². The third kappa shape index (κ3) is 147. The van der Waals surface area contributed by atoms with Gasteiger partial charge in [-0.1, -0.05) is 181 Å². The van der Waals surface area contributed by atoms with E-state index in [9.17, 15) is 0 Å². The molecule has 0 spiro atoms. The van der Waals surface area contributed by atoms with Crippen LogP contribution in [-0.4, -0.2) is 34.8 Å². The molecule has 0 aliphatic rings. The van der Waals surface area contributed by atoms with Crippen LogP contribution in [0, 0.1) is 47.3 Å². The SMILES string of the molecule is C.C.CC(C)CC(C)C.CC(C)CC(C)C.CC(C)CC(C)C.CC(C)CC(C)C.CC(C)NC(C)C.CC(C)OC(C)C.CC(C)SC(C)C. The average molecular weight is 755 g/mol. The van der Waals surface area contributed by atoms with Crippen molar-refractivity contribution in [3.8, 4) is 0 Å². The molecule has 0 bridgehead atoms. The fourth-order valence-electron chi connectivity index (χ4n) is 5.53. The van der Waals surface area contributed by atoms with Crippen LogP contribution in [0.3, 0.4) is 0 Å². The fraction of sp³-hybridized carbons (Fsp3) is 1.00. The third-order valence-electron chi connectivity index (χ3n) is 5.53. The summed E-state index contributed by atoms with van der Waals surface area (Å²) in [6.45, 7) is 61.9. The van der Waals surface area contributed by atoms with Crippen LogP contribution in [0.4, 0.5) is 0 Å². The molecule has 324 valence electrons. The second kappa shape index (κ2) is 50.3. The number of hydrogen-bond acceptors (Lipinski definition) is 3. The highest BCUT2D eigenvalue weighted by Crippen LogP contribution is 2.15. The molecule has 0 rings (SSSR count). The summed E-state index contributed by atoms with van der Waals surface area (Å²) in [5, 5.41) is 4.89. The monoisotopic (exact) mass is 754 g/mol. The second-order valence-corrected chi connectivity index (χ2v) is 21.2. The van der Waals surface area contributed by atoms with Gasteiger partial charge in [0.25, 0.3) is 0 Å². The Hall–Kier alpha value is 0.270. The van der Waals surface area contributed by atoms with Crippen LogP contribution in [0.5, 0.6) is 0 Å². The Morgan fingerprint density at radius 3 is 0.471 bits per heavy atom. The van der Waals surface area contributed by atoms with Crippen molar-refractivity contribution in [1.82, 2.24) is 5.32 Å². The molecule has 0 aromatic carbocycles. The Morgan fingerprint density at radius 2 is 0.471 bits per heavy atom. The first-order valence-corrected chi connectivity index (χ1v) is 21.9. The molecule has 0 saturated heterocycles. The zero-order valence-electron chi connectivity index (χ0n) is 40.2. The van der Waals surface area contributed by atoms with Crippen LogP contribution in [0.25, 0.3) is 0 Å². The van der Waals surface area contributed by atoms with E-state index in [-0.39, 0.29) is 14.9 Å². The quantitative estimate of drug-likeness (QED) is 0.191. The normalized spacial score (nSPS) is 10.7. The van der Waals surface area contributed by atoms with Gasteiger partial charge in [0.2, 0.25) is 0 Å². The molecule has 0 aromatic rings. The first kappa shape index (κ1) is 72.5. The maximum atomic E-state index is 5.25. The van der Waals surface area contributed by atoms with Gasteiger partial charge in [0.05, 0.1) is 12.2 Å². The van der Waals surface area contributed by atoms with Crippen molar-refractivity contribution in [2.75, 3.05) is 0 Å². The molecule has 3 heteroatoms. The van der Waals surface area contributed by atoms with Crippen molar-refractivity contribution in [3.63, 3.8) is 0 Å². The molecular formula is C48H115NOS. The number of nitrogens with one attached hydrogen (secondary N) is 1. The molecule has 0 aliphatic heterocycles. The van der Waals surface area contributed by atoms with E-state index in [1.165, 1.54) is 25.7 Å². The van der Waals surface area contributed by atoms with Crippen LogP contribution < -0.4 is 5.32 Å². The number of ether oxygens (including phenoxy) is 1. The summed E-state index contributed by atoms with van der Waals surface area (Å²) in [5.74, 6) is 7.00. The Kier molecular flexibility index (Phi) is 71.5. The molecule has 0 radical (unpaired) electrons. The van der Waals surface area contributed by atoms with Gasteiger partial charge in [0.1, 0.15) is 0 Å². The molecule has 1 N–H and O–H groups in total. The predicted molar refractivity (Wildman–Crippen MR) is 253 cm³/mol. The van der Waals surface area contributed by atoms with E-state index in [1.807, 2.05) is 39.5 Å². The largest absolute Gasteiger partial charge is 0.376 e.